The molecule has 4 aromatic rings. The summed E-state index contributed by atoms with van der Waals surface area (Å²) >= 11 is 0. The first-order valence-corrected chi connectivity index (χ1v) is 13.5. The highest BCUT2D eigenvalue weighted by Crippen LogP contribution is 2.30. The number of ether oxygens (including phenoxy) is 1. The van der Waals surface area contributed by atoms with Crippen LogP contribution in [0.1, 0.15) is 50.4 Å². The standard InChI is InChI=1S/C30H36N6O2/c1-4-9-22(2)28-32-29(26-21-31-36(30(26)33-28)24-10-6-5-7-11-24)35-17-8-16-34(18-19-35)27(37)20-23-12-14-25(38-3)15-13-23/h5-7,10-15,21-22H,4,8-9,16-20H2,1-3H3/t22-/m1/s1. The summed E-state index contributed by atoms with van der Waals surface area (Å²) in [7, 11) is 1.65. The monoisotopic (exact) mass is 512 g/mol. The maximum Gasteiger partial charge on any atom is 0.227 e. The van der Waals surface area contributed by atoms with Crippen molar-refractivity contribution in [3.63, 3.8) is 0 Å². The van der Waals surface area contributed by atoms with Crippen molar-refractivity contribution >= 4 is 22.8 Å². The molecule has 1 aliphatic rings. The molecule has 3 heterocycles. The van der Waals surface area contributed by atoms with E-state index in [1.54, 1.807) is 7.11 Å². The summed E-state index contributed by atoms with van der Waals surface area (Å²) in [6.07, 6.45) is 5.25. The van der Waals surface area contributed by atoms with Crippen molar-refractivity contribution in [3.05, 3.63) is 72.2 Å². The lowest BCUT2D eigenvalue weighted by Gasteiger charge is -2.24. The minimum absolute atomic E-state index is 0.152. The molecule has 0 saturated carbocycles. The average Bonchev–Trinajstić information content (AvgIpc) is 3.22. The number of hydrogen-bond acceptors (Lipinski definition) is 6. The number of methoxy groups -OCH3 is 1. The molecule has 0 N–H and O–H groups in total. The zero-order chi connectivity index (χ0) is 26.5. The van der Waals surface area contributed by atoms with Crippen LogP contribution in [0.4, 0.5) is 5.82 Å². The second-order valence-electron chi connectivity index (χ2n) is 9.97. The van der Waals surface area contributed by atoms with Crippen LogP contribution in [0.2, 0.25) is 0 Å². The van der Waals surface area contributed by atoms with Crippen molar-refractivity contribution in [1.29, 1.82) is 0 Å². The molecular formula is C30H36N6O2. The second-order valence-corrected chi connectivity index (χ2v) is 9.97. The van der Waals surface area contributed by atoms with Crippen molar-refractivity contribution in [3.8, 4) is 11.4 Å². The number of rotatable bonds is 8. The minimum atomic E-state index is 0.152. The van der Waals surface area contributed by atoms with Gasteiger partial charge in [0.25, 0.3) is 0 Å². The quantitative estimate of drug-likeness (QED) is 0.330. The molecule has 38 heavy (non-hydrogen) atoms. The van der Waals surface area contributed by atoms with E-state index < -0.39 is 0 Å². The lowest BCUT2D eigenvalue weighted by atomic mass is 10.1. The largest absolute Gasteiger partial charge is 0.497 e. The van der Waals surface area contributed by atoms with Gasteiger partial charge in [-0.1, -0.05) is 50.6 Å². The number of nitrogens with zero attached hydrogens (tertiary/aromatic N) is 6. The first kappa shape index (κ1) is 25.7. The molecule has 8 heteroatoms. The lowest BCUT2D eigenvalue weighted by Crippen LogP contribution is -2.36. The molecule has 198 valence electrons. The molecular weight excluding hydrogens is 476 g/mol. The predicted octanol–water partition coefficient (Wildman–Crippen LogP) is 5.01. The molecule has 1 atom stereocenters. The van der Waals surface area contributed by atoms with Gasteiger partial charge in [0, 0.05) is 32.1 Å². The van der Waals surface area contributed by atoms with Crippen molar-refractivity contribution in [2.45, 2.75) is 45.4 Å². The highest BCUT2D eigenvalue weighted by molar-refractivity contribution is 5.88. The Morgan fingerprint density at radius 3 is 2.53 bits per heavy atom. The molecule has 0 unspecified atom stereocenters. The fourth-order valence-electron chi connectivity index (χ4n) is 5.10. The average molecular weight is 513 g/mol. The number of hydrogen-bond donors (Lipinski definition) is 0. The number of carbonyl (C=O) groups is 1. The van der Waals surface area contributed by atoms with Gasteiger partial charge in [-0.25, -0.2) is 14.6 Å². The summed E-state index contributed by atoms with van der Waals surface area (Å²) in [6, 6.07) is 17.8. The fourth-order valence-corrected chi connectivity index (χ4v) is 5.10. The molecule has 0 aliphatic carbocycles. The first-order valence-electron chi connectivity index (χ1n) is 13.5. The smallest absolute Gasteiger partial charge is 0.227 e. The Bertz CT molecular complexity index is 1370. The van der Waals surface area contributed by atoms with E-state index in [-0.39, 0.29) is 11.8 Å². The lowest BCUT2D eigenvalue weighted by molar-refractivity contribution is -0.130. The maximum absolute atomic E-state index is 13.1. The number of carbonyl (C=O) groups excluding carboxylic acids is 1. The SMILES string of the molecule is CCC[C@@H](C)c1nc(N2CCCN(C(=O)Cc3ccc(OC)cc3)CC2)c2cnn(-c3ccccc3)c2n1. The van der Waals surface area contributed by atoms with Gasteiger partial charge < -0.3 is 14.5 Å². The van der Waals surface area contributed by atoms with Crippen LogP contribution in [-0.2, 0) is 11.2 Å². The van der Waals surface area contributed by atoms with E-state index in [4.69, 9.17) is 19.8 Å². The molecule has 1 aliphatic heterocycles. The van der Waals surface area contributed by atoms with Gasteiger partial charge in [0.2, 0.25) is 5.91 Å². The van der Waals surface area contributed by atoms with Crippen LogP contribution in [0.5, 0.6) is 5.75 Å². The molecule has 0 spiro atoms. The number of benzene rings is 2. The van der Waals surface area contributed by atoms with Gasteiger partial charge in [0.1, 0.15) is 17.4 Å². The molecule has 0 radical (unpaired) electrons. The Labute approximate surface area is 224 Å². The van der Waals surface area contributed by atoms with Crippen molar-refractivity contribution in [1.82, 2.24) is 24.6 Å². The number of aromatic nitrogens is 4. The molecule has 0 bridgehead atoms. The summed E-state index contributed by atoms with van der Waals surface area (Å²) in [5.74, 6) is 2.96. The van der Waals surface area contributed by atoms with Crippen LogP contribution in [0.15, 0.2) is 60.8 Å². The van der Waals surface area contributed by atoms with Crippen molar-refractivity contribution in [2.75, 3.05) is 38.2 Å². The zero-order valence-corrected chi connectivity index (χ0v) is 22.5. The Hall–Kier alpha value is -3.94. The molecule has 8 nitrogen and oxygen atoms in total. The van der Waals surface area contributed by atoms with E-state index in [1.165, 1.54) is 0 Å². The van der Waals surface area contributed by atoms with E-state index in [0.717, 1.165) is 78.6 Å². The summed E-state index contributed by atoms with van der Waals surface area (Å²) in [4.78, 5) is 27.5. The van der Waals surface area contributed by atoms with Crippen LogP contribution in [-0.4, -0.2) is 63.8 Å². The van der Waals surface area contributed by atoms with E-state index in [1.807, 2.05) is 70.4 Å². The van der Waals surface area contributed by atoms with Gasteiger partial charge in [0.15, 0.2) is 5.65 Å². The van der Waals surface area contributed by atoms with Crippen LogP contribution in [0, 0.1) is 0 Å². The van der Waals surface area contributed by atoms with Crippen molar-refractivity contribution in [2.24, 2.45) is 0 Å². The van der Waals surface area contributed by atoms with E-state index in [9.17, 15) is 4.79 Å². The summed E-state index contributed by atoms with van der Waals surface area (Å²) in [6.45, 7) is 7.33. The van der Waals surface area contributed by atoms with Gasteiger partial charge in [-0.3, -0.25) is 4.79 Å². The number of fused-ring (bicyclic) bond motifs is 1. The summed E-state index contributed by atoms with van der Waals surface area (Å²) in [5, 5.41) is 5.65. The summed E-state index contributed by atoms with van der Waals surface area (Å²) in [5.41, 5.74) is 2.81. The van der Waals surface area contributed by atoms with Crippen LogP contribution in [0.25, 0.3) is 16.7 Å². The van der Waals surface area contributed by atoms with Crippen LogP contribution < -0.4 is 9.64 Å². The zero-order valence-electron chi connectivity index (χ0n) is 22.5. The predicted molar refractivity (Wildman–Crippen MR) is 150 cm³/mol. The Morgan fingerprint density at radius 1 is 1.00 bits per heavy atom. The van der Waals surface area contributed by atoms with Gasteiger partial charge in [0.05, 0.1) is 30.8 Å². The van der Waals surface area contributed by atoms with Gasteiger partial charge in [-0.15, -0.1) is 0 Å². The molecule has 5 rings (SSSR count). The molecule has 2 aromatic carbocycles. The topological polar surface area (TPSA) is 76.4 Å². The van der Waals surface area contributed by atoms with E-state index >= 15 is 0 Å². The molecule has 1 saturated heterocycles. The first-order chi connectivity index (χ1) is 18.6. The van der Waals surface area contributed by atoms with Crippen LogP contribution >= 0.6 is 0 Å². The molecule has 2 aromatic heterocycles. The number of para-hydroxylation sites is 1. The molecule has 1 fully saturated rings. The van der Waals surface area contributed by atoms with Gasteiger partial charge in [-0.05, 0) is 42.7 Å². The Balaban J connectivity index is 1.40. The third-order valence-corrected chi connectivity index (χ3v) is 7.25. The highest BCUT2D eigenvalue weighted by Gasteiger charge is 2.24. The minimum Gasteiger partial charge on any atom is -0.497 e. The Kier molecular flexibility index (Phi) is 7.86. The van der Waals surface area contributed by atoms with Crippen molar-refractivity contribution < 1.29 is 9.53 Å². The van der Waals surface area contributed by atoms with Crippen LogP contribution in [0.3, 0.4) is 0 Å². The molecule has 1 amide bonds. The maximum atomic E-state index is 13.1. The van der Waals surface area contributed by atoms with E-state index in [2.05, 4.69) is 18.7 Å². The Morgan fingerprint density at radius 2 is 1.79 bits per heavy atom. The van der Waals surface area contributed by atoms with Gasteiger partial charge in [-0.2, -0.15) is 5.10 Å². The normalized spacial score (nSPS) is 14.9. The second kappa shape index (κ2) is 11.6. The number of anilines is 1. The van der Waals surface area contributed by atoms with E-state index in [0.29, 0.717) is 13.0 Å². The third-order valence-electron chi connectivity index (χ3n) is 7.25. The van der Waals surface area contributed by atoms with Gasteiger partial charge >= 0.3 is 0 Å². The fraction of sp³-hybridized carbons (Fsp3) is 0.400. The summed E-state index contributed by atoms with van der Waals surface area (Å²) < 4.78 is 7.15. The number of amides is 1. The highest BCUT2D eigenvalue weighted by atomic mass is 16.5. The third kappa shape index (κ3) is 5.49.